The molecule has 1 aliphatic rings. The molecule has 0 aliphatic carbocycles. The van der Waals surface area contributed by atoms with Crippen molar-refractivity contribution < 1.29 is 4.39 Å². The molecular formula is C29H39FS. The molecular weight excluding hydrogens is 399 g/mol. The smallest absolute Gasteiger partial charge is 0.138 e. The van der Waals surface area contributed by atoms with Crippen LogP contribution in [0, 0.1) is 29.0 Å². The van der Waals surface area contributed by atoms with Gasteiger partial charge < -0.3 is 0 Å². The molecule has 0 bridgehead atoms. The van der Waals surface area contributed by atoms with Crippen LogP contribution < -0.4 is 0 Å². The zero-order valence-corrected chi connectivity index (χ0v) is 21.0. The molecule has 0 amide bonds. The summed E-state index contributed by atoms with van der Waals surface area (Å²) >= 11 is 1.66. The van der Waals surface area contributed by atoms with Crippen LogP contribution in [0.5, 0.6) is 0 Å². The van der Waals surface area contributed by atoms with Crippen molar-refractivity contribution in [1.29, 1.82) is 0 Å². The summed E-state index contributed by atoms with van der Waals surface area (Å²) in [6.07, 6.45) is 11.0. The Kier molecular flexibility index (Phi) is 12.4. The van der Waals surface area contributed by atoms with Crippen molar-refractivity contribution in [2.75, 3.05) is 0 Å². The fourth-order valence-electron chi connectivity index (χ4n) is 3.28. The van der Waals surface area contributed by atoms with Crippen molar-refractivity contribution in [2.24, 2.45) is 11.3 Å². The van der Waals surface area contributed by atoms with Crippen LogP contribution in [0.15, 0.2) is 65.0 Å². The van der Waals surface area contributed by atoms with Crippen LogP contribution in [0.25, 0.3) is 0 Å². The average molecular weight is 439 g/mol. The molecule has 2 rings (SSSR count). The van der Waals surface area contributed by atoms with Crippen LogP contribution in [-0.2, 0) is 6.42 Å². The van der Waals surface area contributed by atoms with Gasteiger partial charge in [0.1, 0.15) is 5.82 Å². The first-order chi connectivity index (χ1) is 14.7. The molecule has 0 N–H and O–H groups in total. The lowest BCUT2D eigenvalue weighted by atomic mass is 9.83. The number of unbranched alkanes of at least 4 members (excludes halogenated alkanes) is 1. The lowest BCUT2D eigenvalue weighted by molar-refractivity contribution is 0.386. The Morgan fingerprint density at radius 3 is 2.65 bits per heavy atom. The first-order valence-electron chi connectivity index (χ1n) is 11.4. The molecule has 1 atom stereocenters. The number of hydrogen-bond donors (Lipinski definition) is 0. The number of thioether (sulfide) groups is 1. The SMILES string of the molecule is C=C(CC(C)(C)C)C(C)CCCC#Cc1cc(CC2=CC=CSC=C2)ccc1F.CC. The Labute approximate surface area is 194 Å². The number of benzene rings is 1. The predicted octanol–water partition coefficient (Wildman–Crippen LogP) is 9.25. The van der Waals surface area contributed by atoms with Crippen LogP contribution in [0.3, 0.4) is 0 Å². The third-order valence-corrected chi connectivity index (χ3v) is 5.49. The molecule has 0 saturated carbocycles. The lowest BCUT2D eigenvalue weighted by Crippen LogP contribution is -2.10. The highest BCUT2D eigenvalue weighted by Gasteiger charge is 2.15. The van der Waals surface area contributed by atoms with Crippen LogP contribution >= 0.6 is 11.8 Å². The molecule has 0 fully saturated rings. The van der Waals surface area contributed by atoms with E-state index in [2.05, 4.69) is 63.7 Å². The number of hydrogen-bond acceptors (Lipinski definition) is 1. The van der Waals surface area contributed by atoms with Gasteiger partial charge in [0, 0.05) is 6.42 Å². The third kappa shape index (κ3) is 11.3. The molecule has 1 aromatic rings. The van der Waals surface area contributed by atoms with E-state index in [4.69, 9.17) is 0 Å². The predicted molar refractivity (Wildman–Crippen MR) is 139 cm³/mol. The molecule has 0 aromatic heterocycles. The molecule has 0 radical (unpaired) electrons. The maximum Gasteiger partial charge on any atom is 0.138 e. The summed E-state index contributed by atoms with van der Waals surface area (Å²) in [5.74, 6) is 6.47. The van der Waals surface area contributed by atoms with E-state index in [1.807, 2.05) is 37.5 Å². The molecule has 1 heterocycles. The van der Waals surface area contributed by atoms with Gasteiger partial charge in [0.05, 0.1) is 5.56 Å². The highest BCUT2D eigenvalue weighted by molar-refractivity contribution is 8.04. The van der Waals surface area contributed by atoms with E-state index in [1.165, 1.54) is 17.2 Å². The fraction of sp³-hybridized carbons (Fsp3) is 0.448. The van der Waals surface area contributed by atoms with E-state index in [0.717, 1.165) is 37.7 Å². The van der Waals surface area contributed by atoms with Crippen LogP contribution in [-0.4, -0.2) is 0 Å². The van der Waals surface area contributed by atoms with Crippen LogP contribution in [0.1, 0.15) is 78.4 Å². The van der Waals surface area contributed by atoms with Crippen LogP contribution in [0.2, 0.25) is 0 Å². The maximum atomic E-state index is 14.2. The first kappa shape index (κ1) is 27.1. The van der Waals surface area contributed by atoms with Gasteiger partial charge in [-0.3, -0.25) is 0 Å². The standard InChI is InChI=1S/C27H33FS.C2H6/c1-21(22(2)20-27(3,4)5)10-7-6-8-12-25-19-24(13-14-26(25)28)18-23-11-9-16-29-17-15-23;1-2/h9,11,13-17,19,21H,2,6-7,10,18,20H2,1,3-5H3;1-2H3. The Morgan fingerprint density at radius 2 is 1.94 bits per heavy atom. The highest BCUT2D eigenvalue weighted by atomic mass is 32.2. The van der Waals surface area contributed by atoms with Gasteiger partial charge >= 0.3 is 0 Å². The van der Waals surface area contributed by atoms with E-state index in [-0.39, 0.29) is 11.2 Å². The monoisotopic (exact) mass is 438 g/mol. The molecule has 1 unspecified atom stereocenters. The van der Waals surface area contributed by atoms with Gasteiger partial charge in [-0.05, 0) is 71.1 Å². The number of halogens is 1. The molecule has 31 heavy (non-hydrogen) atoms. The van der Waals surface area contributed by atoms with Crippen molar-refractivity contribution in [3.8, 4) is 11.8 Å². The molecule has 0 saturated heterocycles. The Bertz CT molecular complexity index is 853. The zero-order chi connectivity index (χ0) is 23.3. The van der Waals surface area contributed by atoms with Gasteiger partial charge in [-0.1, -0.05) is 89.8 Å². The summed E-state index contributed by atoms with van der Waals surface area (Å²) in [7, 11) is 0. The van der Waals surface area contributed by atoms with Crippen molar-refractivity contribution in [3.05, 3.63) is 81.9 Å². The van der Waals surface area contributed by atoms with Gasteiger partial charge in [0.2, 0.25) is 0 Å². The van der Waals surface area contributed by atoms with Gasteiger partial charge in [0.15, 0.2) is 0 Å². The molecule has 168 valence electrons. The minimum absolute atomic E-state index is 0.242. The molecule has 2 heteroatoms. The summed E-state index contributed by atoms with van der Waals surface area (Å²) in [4.78, 5) is 0. The lowest BCUT2D eigenvalue weighted by Gasteiger charge is -2.23. The van der Waals surface area contributed by atoms with E-state index < -0.39 is 0 Å². The van der Waals surface area contributed by atoms with Gasteiger partial charge in [0.25, 0.3) is 0 Å². The summed E-state index contributed by atoms with van der Waals surface area (Å²) in [5.41, 5.74) is 4.39. The van der Waals surface area contributed by atoms with Crippen LogP contribution in [0.4, 0.5) is 4.39 Å². The number of rotatable bonds is 7. The Morgan fingerprint density at radius 1 is 1.19 bits per heavy atom. The van der Waals surface area contributed by atoms with Crippen molar-refractivity contribution in [2.45, 2.75) is 73.6 Å². The Hall–Kier alpha value is -1.98. The third-order valence-electron chi connectivity index (χ3n) is 4.88. The first-order valence-corrected chi connectivity index (χ1v) is 12.3. The minimum Gasteiger partial charge on any atom is -0.206 e. The minimum atomic E-state index is -0.242. The van der Waals surface area contributed by atoms with Crippen molar-refractivity contribution >= 4 is 11.8 Å². The maximum absolute atomic E-state index is 14.2. The van der Waals surface area contributed by atoms with E-state index in [1.54, 1.807) is 11.8 Å². The van der Waals surface area contributed by atoms with Gasteiger partial charge in [-0.25, -0.2) is 4.39 Å². The average Bonchev–Trinajstić information content (AvgIpc) is 2.98. The zero-order valence-electron chi connectivity index (χ0n) is 20.2. The van der Waals surface area contributed by atoms with E-state index in [0.29, 0.717) is 11.5 Å². The van der Waals surface area contributed by atoms with E-state index >= 15 is 0 Å². The molecule has 1 aliphatic heterocycles. The fourth-order valence-corrected chi connectivity index (χ4v) is 3.79. The summed E-state index contributed by atoms with van der Waals surface area (Å²) in [6.45, 7) is 17.2. The molecule has 1 aromatic carbocycles. The topological polar surface area (TPSA) is 0 Å². The second-order valence-electron chi connectivity index (χ2n) is 8.99. The molecule has 0 spiro atoms. The second-order valence-corrected chi connectivity index (χ2v) is 9.81. The van der Waals surface area contributed by atoms with Crippen molar-refractivity contribution in [1.82, 2.24) is 0 Å². The summed E-state index contributed by atoms with van der Waals surface area (Å²) in [6, 6.07) is 5.26. The summed E-state index contributed by atoms with van der Waals surface area (Å²) < 4.78 is 14.2. The second kappa shape index (κ2) is 14.2. The van der Waals surface area contributed by atoms with E-state index in [9.17, 15) is 4.39 Å². The van der Waals surface area contributed by atoms with Crippen molar-refractivity contribution in [3.63, 3.8) is 0 Å². The highest BCUT2D eigenvalue weighted by Crippen LogP contribution is 2.29. The normalized spacial score (nSPS) is 13.8. The van der Waals surface area contributed by atoms with Gasteiger partial charge in [-0.15, -0.1) is 11.8 Å². The summed E-state index contributed by atoms with van der Waals surface area (Å²) in [5, 5.41) is 4.11. The Balaban J connectivity index is 0.00000233. The quantitative estimate of drug-likeness (QED) is 0.232. The van der Waals surface area contributed by atoms with Gasteiger partial charge in [-0.2, -0.15) is 0 Å². The largest absolute Gasteiger partial charge is 0.206 e. The number of allylic oxidation sites excluding steroid dienone is 5. The molecule has 0 nitrogen and oxygen atoms in total.